The van der Waals surface area contributed by atoms with Gasteiger partial charge in [0.1, 0.15) is 0 Å². The Hall–Kier alpha value is -0.220. The van der Waals surface area contributed by atoms with Crippen molar-refractivity contribution >= 4 is 17.7 Å². The summed E-state index contributed by atoms with van der Waals surface area (Å²) >= 11 is 1.67. The molecular weight excluding hydrogens is 196 g/mol. The van der Waals surface area contributed by atoms with Crippen molar-refractivity contribution in [2.75, 3.05) is 12.3 Å². The van der Waals surface area contributed by atoms with E-state index in [4.69, 9.17) is 5.73 Å². The molecule has 84 valence electrons. The predicted octanol–water partition coefficient (Wildman–Crippen LogP) is 1.23. The Kier molecular flexibility index (Phi) is 7.01. The average molecular weight is 218 g/mol. The molecule has 0 aliphatic rings. The molecule has 14 heavy (non-hydrogen) atoms. The number of carbonyl (C=O) groups excluding carboxylic acids is 1. The second-order valence-corrected chi connectivity index (χ2v) is 5.35. The SMILES string of the molecule is CC(CN)CSC(C)C(=O)NC(C)C. The van der Waals surface area contributed by atoms with Crippen LogP contribution in [0.5, 0.6) is 0 Å². The van der Waals surface area contributed by atoms with Crippen LogP contribution in [-0.4, -0.2) is 29.5 Å². The molecule has 0 aromatic carbocycles. The highest BCUT2D eigenvalue weighted by Gasteiger charge is 2.14. The smallest absolute Gasteiger partial charge is 0.233 e. The summed E-state index contributed by atoms with van der Waals surface area (Å²) in [4.78, 5) is 11.5. The first kappa shape index (κ1) is 13.8. The van der Waals surface area contributed by atoms with Crippen LogP contribution in [0, 0.1) is 5.92 Å². The van der Waals surface area contributed by atoms with Crippen LogP contribution in [0.4, 0.5) is 0 Å². The van der Waals surface area contributed by atoms with Gasteiger partial charge in [0, 0.05) is 6.04 Å². The van der Waals surface area contributed by atoms with Crippen LogP contribution < -0.4 is 11.1 Å². The molecule has 0 heterocycles. The second-order valence-electron chi connectivity index (χ2n) is 3.98. The number of hydrogen-bond donors (Lipinski definition) is 2. The van der Waals surface area contributed by atoms with Crippen molar-refractivity contribution in [1.82, 2.24) is 5.32 Å². The summed E-state index contributed by atoms with van der Waals surface area (Å²) in [5, 5.41) is 2.91. The predicted molar refractivity (Wildman–Crippen MR) is 63.4 cm³/mol. The van der Waals surface area contributed by atoms with E-state index < -0.39 is 0 Å². The molecule has 0 bridgehead atoms. The van der Waals surface area contributed by atoms with Crippen molar-refractivity contribution in [2.24, 2.45) is 11.7 Å². The van der Waals surface area contributed by atoms with Crippen molar-refractivity contribution in [3.05, 3.63) is 0 Å². The number of nitrogens with two attached hydrogens (primary N) is 1. The van der Waals surface area contributed by atoms with Crippen LogP contribution in [0.2, 0.25) is 0 Å². The minimum Gasteiger partial charge on any atom is -0.353 e. The molecule has 0 aromatic heterocycles. The molecule has 0 aliphatic heterocycles. The molecule has 2 unspecified atom stereocenters. The van der Waals surface area contributed by atoms with Gasteiger partial charge >= 0.3 is 0 Å². The van der Waals surface area contributed by atoms with Gasteiger partial charge < -0.3 is 11.1 Å². The third-order valence-electron chi connectivity index (χ3n) is 1.83. The van der Waals surface area contributed by atoms with Gasteiger partial charge in [-0.3, -0.25) is 4.79 Å². The van der Waals surface area contributed by atoms with Gasteiger partial charge in [-0.1, -0.05) is 6.92 Å². The molecule has 0 fully saturated rings. The molecule has 3 nitrogen and oxygen atoms in total. The Bertz CT molecular complexity index is 174. The van der Waals surface area contributed by atoms with Crippen LogP contribution >= 0.6 is 11.8 Å². The molecule has 4 heteroatoms. The standard InChI is InChI=1S/C10H22N2OS/c1-7(2)12-10(13)9(4)14-6-8(3)5-11/h7-9H,5-6,11H2,1-4H3,(H,12,13). The molecule has 2 atom stereocenters. The summed E-state index contributed by atoms with van der Waals surface area (Å²) in [5.41, 5.74) is 5.50. The fraction of sp³-hybridized carbons (Fsp3) is 0.900. The molecule has 0 spiro atoms. The van der Waals surface area contributed by atoms with Crippen molar-refractivity contribution in [1.29, 1.82) is 0 Å². The normalized spacial score (nSPS) is 15.3. The summed E-state index contributed by atoms with van der Waals surface area (Å²) in [6.07, 6.45) is 0. The first-order chi connectivity index (χ1) is 6.47. The van der Waals surface area contributed by atoms with Crippen LogP contribution in [0.3, 0.4) is 0 Å². The lowest BCUT2D eigenvalue weighted by Crippen LogP contribution is -2.36. The van der Waals surface area contributed by atoms with Crippen LogP contribution in [0.25, 0.3) is 0 Å². The summed E-state index contributed by atoms with van der Waals surface area (Å²) < 4.78 is 0. The maximum absolute atomic E-state index is 11.5. The lowest BCUT2D eigenvalue weighted by molar-refractivity contribution is -0.120. The number of rotatable bonds is 6. The molecule has 0 aliphatic carbocycles. The zero-order valence-corrected chi connectivity index (χ0v) is 10.4. The summed E-state index contributed by atoms with van der Waals surface area (Å²) in [6, 6.07) is 0.220. The third-order valence-corrected chi connectivity index (χ3v) is 3.31. The lowest BCUT2D eigenvalue weighted by Gasteiger charge is -2.15. The van der Waals surface area contributed by atoms with Crippen molar-refractivity contribution in [3.63, 3.8) is 0 Å². The van der Waals surface area contributed by atoms with Gasteiger partial charge in [-0.25, -0.2) is 0 Å². The molecule has 1 amide bonds. The largest absolute Gasteiger partial charge is 0.353 e. The maximum atomic E-state index is 11.5. The summed E-state index contributed by atoms with van der Waals surface area (Å²) in [6.45, 7) is 8.66. The van der Waals surface area contributed by atoms with Gasteiger partial charge in [0.25, 0.3) is 0 Å². The van der Waals surface area contributed by atoms with Crippen LogP contribution in [0.15, 0.2) is 0 Å². The van der Waals surface area contributed by atoms with Gasteiger partial charge in [-0.05, 0) is 39.0 Å². The fourth-order valence-electron chi connectivity index (χ4n) is 0.854. The third kappa shape index (κ3) is 6.27. The number of carbonyl (C=O) groups is 1. The van der Waals surface area contributed by atoms with E-state index in [1.165, 1.54) is 0 Å². The highest BCUT2D eigenvalue weighted by atomic mass is 32.2. The van der Waals surface area contributed by atoms with Gasteiger partial charge in [0.2, 0.25) is 5.91 Å². The van der Waals surface area contributed by atoms with E-state index in [0.29, 0.717) is 12.5 Å². The van der Waals surface area contributed by atoms with Crippen molar-refractivity contribution in [3.8, 4) is 0 Å². The van der Waals surface area contributed by atoms with E-state index in [9.17, 15) is 4.79 Å². The number of amides is 1. The second kappa shape index (κ2) is 7.12. The highest BCUT2D eigenvalue weighted by molar-refractivity contribution is 8.00. The Morgan fingerprint density at radius 1 is 1.36 bits per heavy atom. The van der Waals surface area contributed by atoms with E-state index in [-0.39, 0.29) is 17.2 Å². The number of hydrogen-bond acceptors (Lipinski definition) is 3. The van der Waals surface area contributed by atoms with Crippen LogP contribution in [-0.2, 0) is 4.79 Å². The number of nitrogens with one attached hydrogen (secondary N) is 1. The zero-order valence-electron chi connectivity index (χ0n) is 9.54. The fourth-order valence-corrected chi connectivity index (χ4v) is 1.83. The topological polar surface area (TPSA) is 55.1 Å². The summed E-state index contributed by atoms with van der Waals surface area (Å²) in [5.74, 6) is 1.55. The van der Waals surface area contributed by atoms with Crippen molar-refractivity contribution in [2.45, 2.75) is 39.0 Å². The summed E-state index contributed by atoms with van der Waals surface area (Å²) in [7, 11) is 0. The van der Waals surface area contributed by atoms with Gasteiger partial charge in [-0.2, -0.15) is 0 Å². The molecular formula is C10H22N2OS. The minimum atomic E-state index is 0.0198. The minimum absolute atomic E-state index is 0.0198. The molecule has 3 N–H and O–H groups in total. The molecule has 0 aromatic rings. The number of thioether (sulfide) groups is 1. The zero-order chi connectivity index (χ0) is 11.1. The van der Waals surface area contributed by atoms with E-state index in [1.807, 2.05) is 20.8 Å². The Labute approximate surface area is 91.2 Å². The van der Waals surface area contributed by atoms with Crippen molar-refractivity contribution < 1.29 is 4.79 Å². The van der Waals surface area contributed by atoms with E-state index in [1.54, 1.807) is 11.8 Å². The van der Waals surface area contributed by atoms with E-state index in [0.717, 1.165) is 5.75 Å². The highest BCUT2D eigenvalue weighted by Crippen LogP contribution is 2.14. The monoisotopic (exact) mass is 218 g/mol. The van der Waals surface area contributed by atoms with E-state index in [2.05, 4.69) is 12.2 Å². The Balaban J connectivity index is 3.72. The van der Waals surface area contributed by atoms with Gasteiger partial charge in [-0.15, -0.1) is 11.8 Å². The maximum Gasteiger partial charge on any atom is 0.233 e. The lowest BCUT2D eigenvalue weighted by atomic mass is 10.2. The van der Waals surface area contributed by atoms with E-state index >= 15 is 0 Å². The Morgan fingerprint density at radius 3 is 2.36 bits per heavy atom. The first-order valence-corrected chi connectivity index (χ1v) is 6.14. The molecule has 0 saturated carbocycles. The Morgan fingerprint density at radius 2 is 1.93 bits per heavy atom. The molecule has 0 rings (SSSR count). The molecule has 0 saturated heterocycles. The first-order valence-electron chi connectivity index (χ1n) is 5.09. The van der Waals surface area contributed by atoms with Gasteiger partial charge in [0.15, 0.2) is 0 Å². The molecule has 0 radical (unpaired) electrons. The quantitative estimate of drug-likeness (QED) is 0.705. The average Bonchev–Trinajstić information content (AvgIpc) is 2.12. The van der Waals surface area contributed by atoms with Gasteiger partial charge in [0.05, 0.1) is 5.25 Å². The van der Waals surface area contributed by atoms with Crippen LogP contribution in [0.1, 0.15) is 27.7 Å².